The molecule has 0 spiro atoms. The van der Waals surface area contributed by atoms with E-state index in [1.165, 1.54) is 96.5 Å². The van der Waals surface area contributed by atoms with Gasteiger partial charge in [0.1, 0.15) is 0 Å². The molecule has 6 aromatic carbocycles. The zero-order valence-electron chi connectivity index (χ0n) is 31.6. The normalized spacial score (nSPS) is 16.8. The molecule has 7 aromatic rings. The molecule has 0 radical (unpaired) electrons. The number of nitrogens with zero attached hydrogens (tertiary/aromatic N) is 3. The van der Waals surface area contributed by atoms with Crippen molar-refractivity contribution in [3.63, 3.8) is 0 Å². The molecule has 1 atom stereocenters. The summed E-state index contributed by atoms with van der Waals surface area (Å²) in [6, 6.07) is 49.3. The summed E-state index contributed by atoms with van der Waals surface area (Å²) in [6.45, 7) is 6.65. The summed E-state index contributed by atoms with van der Waals surface area (Å²) in [5.74, 6) is 0. The molecule has 1 unspecified atom stereocenters. The van der Waals surface area contributed by atoms with E-state index in [0.29, 0.717) is 0 Å². The van der Waals surface area contributed by atoms with E-state index >= 15 is 0 Å². The molecule has 0 amide bonds. The van der Waals surface area contributed by atoms with Gasteiger partial charge in [0.2, 0.25) is 0 Å². The molecule has 1 aliphatic heterocycles. The fourth-order valence-electron chi connectivity index (χ4n) is 8.99. The Morgan fingerprint density at radius 2 is 1.28 bits per heavy atom. The third-order valence-corrected chi connectivity index (χ3v) is 11.6. The van der Waals surface area contributed by atoms with Crippen molar-refractivity contribution < 1.29 is 0 Å². The zero-order valence-corrected chi connectivity index (χ0v) is 31.6. The maximum Gasteiger partial charge on any atom is 0.0736 e. The third-order valence-electron chi connectivity index (χ3n) is 11.6. The molecule has 0 saturated heterocycles. The predicted octanol–water partition coefficient (Wildman–Crippen LogP) is 13.0. The number of unbranched alkanes of at least 4 members (excludes halogenated alkanes) is 2. The minimum absolute atomic E-state index is 0.202. The van der Waals surface area contributed by atoms with E-state index in [0.717, 1.165) is 32.4 Å². The van der Waals surface area contributed by atoms with E-state index < -0.39 is 0 Å². The number of aromatic nitrogens is 1. The average Bonchev–Trinajstić information content (AvgIpc) is 3.86. The van der Waals surface area contributed by atoms with Gasteiger partial charge in [0, 0.05) is 57.2 Å². The van der Waals surface area contributed by atoms with E-state index in [9.17, 15) is 0 Å². The van der Waals surface area contributed by atoms with Crippen LogP contribution < -0.4 is 15.1 Å². The van der Waals surface area contributed by atoms with Gasteiger partial charge >= 0.3 is 0 Å². The Morgan fingerprint density at radius 1 is 0.630 bits per heavy atom. The monoisotopic (exact) mass is 703 g/mol. The van der Waals surface area contributed by atoms with Gasteiger partial charge in [-0.3, -0.25) is 0 Å². The molecule has 54 heavy (non-hydrogen) atoms. The lowest BCUT2D eigenvalue weighted by atomic mass is 10.0. The molecule has 268 valence electrons. The molecule has 0 fully saturated rings. The van der Waals surface area contributed by atoms with Crippen LogP contribution in [0.15, 0.2) is 169 Å². The molecule has 3 nitrogen and oxygen atoms in total. The molecule has 1 aromatic heterocycles. The number of rotatable bonds is 12. The molecule has 1 aliphatic carbocycles. The summed E-state index contributed by atoms with van der Waals surface area (Å²) in [4.78, 5) is 5.14. The molecule has 2 heterocycles. The first-order valence-corrected chi connectivity index (χ1v) is 20.1. The van der Waals surface area contributed by atoms with Crippen molar-refractivity contribution in [1.82, 2.24) is 4.57 Å². The fourth-order valence-corrected chi connectivity index (χ4v) is 8.99. The quantitative estimate of drug-likeness (QED) is 0.125. The van der Waals surface area contributed by atoms with Gasteiger partial charge < -0.3 is 14.4 Å². The maximum absolute atomic E-state index is 2.64. The molecule has 0 N–H and O–H groups in total. The number of para-hydroxylation sites is 2. The second-order valence-corrected chi connectivity index (χ2v) is 14.9. The largest absolute Gasteiger partial charge is 0.360 e. The smallest absolute Gasteiger partial charge is 0.0736 e. The molecule has 3 heteroatoms. The van der Waals surface area contributed by atoms with Gasteiger partial charge in [0.25, 0.3) is 0 Å². The second kappa shape index (κ2) is 14.9. The summed E-state index contributed by atoms with van der Waals surface area (Å²) < 4.78 is 2.56. The SMILES string of the molecule is CCCCN1c2cccc3cccc(c23)C1C=CC1=C(N(c2ccccc2)c2ccccc2)C(=CC=c2c3cccc4cccc(c43)n2CCCC)CC1. The van der Waals surface area contributed by atoms with E-state index in [1.807, 2.05) is 0 Å². The lowest BCUT2D eigenvalue weighted by Gasteiger charge is -2.29. The van der Waals surface area contributed by atoms with Crippen molar-refractivity contribution in [2.45, 2.75) is 65.0 Å². The van der Waals surface area contributed by atoms with E-state index in [4.69, 9.17) is 0 Å². The van der Waals surface area contributed by atoms with Crippen LogP contribution in [0.5, 0.6) is 0 Å². The predicted molar refractivity (Wildman–Crippen MR) is 231 cm³/mol. The molecule has 0 bridgehead atoms. The summed E-state index contributed by atoms with van der Waals surface area (Å²) >= 11 is 0. The van der Waals surface area contributed by atoms with Crippen molar-refractivity contribution in [2.24, 2.45) is 0 Å². The lowest BCUT2D eigenvalue weighted by Crippen LogP contribution is -2.24. The highest BCUT2D eigenvalue weighted by Crippen LogP contribution is 2.46. The van der Waals surface area contributed by atoms with Gasteiger partial charge in [0.15, 0.2) is 0 Å². The Labute approximate surface area is 319 Å². The van der Waals surface area contributed by atoms with Gasteiger partial charge in [-0.2, -0.15) is 0 Å². The first-order chi connectivity index (χ1) is 26.7. The maximum atomic E-state index is 2.64. The van der Waals surface area contributed by atoms with Gasteiger partial charge in [-0.05, 0) is 95.6 Å². The average molecular weight is 704 g/mol. The minimum atomic E-state index is 0.202. The zero-order chi connectivity index (χ0) is 36.4. The molecular weight excluding hydrogens is 655 g/mol. The summed E-state index contributed by atoms with van der Waals surface area (Å²) in [7, 11) is 0. The molecule has 0 saturated carbocycles. The highest BCUT2D eigenvalue weighted by Gasteiger charge is 2.31. The molecule has 2 aliphatic rings. The van der Waals surface area contributed by atoms with E-state index in [-0.39, 0.29) is 6.04 Å². The van der Waals surface area contributed by atoms with Crippen LogP contribution in [0.4, 0.5) is 17.1 Å². The summed E-state index contributed by atoms with van der Waals surface area (Å²) in [5, 5.41) is 8.08. The molecule has 9 rings (SSSR count). The van der Waals surface area contributed by atoms with Gasteiger partial charge in [-0.1, -0.05) is 142 Å². The topological polar surface area (TPSA) is 11.4 Å². The minimum Gasteiger partial charge on any atom is -0.360 e. The second-order valence-electron chi connectivity index (χ2n) is 14.9. The first-order valence-electron chi connectivity index (χ1n) is 20.1. The molecular formula is C51H49N3. The van der Waals surface area contributed by atoms with Crippen molar-refractivity contribution in [3.8, 4) is 0 Å². The van der Waals surface area contributed by atoms with Gasteiger partial charge in [-0.15, -0.1) is 0 Å². The van der Waals surface area contributed by atoms with Crippen LogP contribution in [-0.4, -0.2) is 11.1 Å². The van der Waals surface area contributed by atoms with Crippen LogP contribution in [0.1, 0.15) is 64.0 Å². The fraction of sp³-hybridized carbons (Fsp3) is 0.216. The number of anilines is 3. The van der Waals surface area contributed by atoms with Crippen LogP contribution in [-0.2, 0) is 6.54 Å². The summed E-state index contributed by atoms with van der Waals surface area (Å²) in [6.07, 6.45) is 16.5. The third kappa shape index (κ3) is 6.02. The first kappa shape index (κ1) is 34.0. The summed E-state index contributed by atoms with van der Waals surface area (Å²) in [5.41, 5.74) is 10.5. The number of hydrogen-bond donors (Lipinski definition) is 0. The Hall–Kier alpha value is -5.80. The van der Waals surface area contributed by atoms with Crippen LogP contribution in [0.2, 0.25) is 0 Å². The number of allylic oxidation sites excluding steroid dienone is 4. The van der Waals surface area contributed by atoms with Crippen molar-refractivity contribution in [2.75, 3.05) is 16.3 Å². The van der Waals surface area contributed by atoms with Gasteiger partial charge in [0.05, 0.1) is 11.7 Å². The number of hydrogen-bond acceptors (Lipinski definition) is 2. The highest BCUT2D eigenvalue weighted by molar-refractivity contribution is 6.10. The number of aryl methyl sites for hydroxylation is 1. The van der Waals surface area contributed by atoms with Crippen molar-refractivity contribution in [3.05, 3.63) is 179 Å². The van der Waals surface area contributed by atoms with E-state index in [2.05, 4.69) is 186 Å². The van der Waals surface area contributed by atoms with Crippen LogP contribution >= 0.6 is 0 Å². The van der Waals surface area contributed by atoms with Crippen LogP contribution in [0, 0.1) is 0 Å². The van der Waals surface area contributed by atoms with Gasteiger partial charge in [-0.25, -0.2) is 0 Å². The van der Waals surface area contributed by atoms with Crippen LogP contribution in [0.25, 0.3) is 38.5 Å². The Bertz CT molecular complexity index is 2540. The van der Waals surface area contributed by atoms with Crippen LogP contribution in [0.3, 0.4) is 0 Å². The number of benzene rings is 6. The Morgan fingerprint density at radius 3 is 2.00 bits per heavy atom. The van der Waals surface area contributed by atoms with Crippen molar-refractivity contribution >= 4 is 55.6 Å². The highest BCUT2D eigenvalue weighted by atomic mass is 15.2. The van der Waals surface area contributed by atoms with E-state index in [1.54, 1.807) is 0 Å². The standard InChI is InChI=1S/C51H49N3/c1-3-5-35-52-45(43-25-13-17-37-19-15-27-47(52)49(37)43)33-31-39-29-30-40(51(39)54(41-21-9-7-10-22-41)42-23-11-8-12-24-42)32-34-46-44-26-14-18-38-20-16-28-48(50(38)44)53(46)36-6-4-2/h7-28,31-34,45H,3-6,29-30,35-36H2,1-2H3. The lowest BCUT2D eigenvalue weighted by molar-refractivity contribution is 0.640. The Kier molecular flexibility index (Phi) is 9.39. The van der Waals surface area contributed by atoms with Crippen molar-refractivity contribution in [1.29, 1.82) is 0 Å². The Balaban J connectivity index is 1.23.